The normalized spacial score (nSPS) is 24.0. The molecular formula is C16H31N3O2. The van der Waals surface area contributed by atoms with Gasteiger partial charge in [-0.15, -0.1) is 0 Å². The van der Waals surface area contributed by atoms with Gasteiger partial charge in [0.05, 0.1) is 12.1 Å². The smallest absolute Gasteiger partial charge is 0.237 e. The molecule has 1 fully saturated rings. The highest BCUT2D eigenvalue weighted by Gasteiger charge is 2.34. The minimum absolute atomic E-state index is 0.0161. The van der Waals surface area contributed by atoms with Crippen molar-refractivity contribution in [3.8, 4) is 0 Å². The zero-order valence-electron chi connectivity index (χ0n) is 14.1. The third-order valence-electron chi connectivity index (χ3n) is 4.36. The Bertz CT molecular complexity index is 369. The van der Waals surface area contributed by atoms with Crippen molar-refractivity contribution < 1.29 is 9.59 Å². The Hall–Kier alpha value is -1.10. The number of carbonyl (C=O) groups excluding carboxylic acids is 2. The summed E-state index contributed by atoms with van der Waals surface area (Å²) in [4.78, 5) is 26.1. The van der Waals surface area contributed by atoms with Gasteiger partial charge in [0.2, 0.25) is 11.8 Å². The standard InChI is InChI=1S/C16H31N3O2/c1-10(2)15(17)16(21)18-13-8-6-7-9-14(13)19(11(3)4)12(5)20/h10-11,13-15H,6-9,17H2,1-5H3,(H,18,21)/t13-,14+,15+/m1/s1. The fourth-order valence-electron chi connectivity index (χ4n) is 3.17. The van der Waals surface area contributed by atoms with Gasteiger partial charge >= 0.3 is 0 Å². The predicted molar refractivity (Wildman–Crippen MR) is 84.7 cm³/mol. The Morgan fingerprint density at radius 2 is 1.71 bits per heavy atom. The topological polar surface area (TPSA) is 75.4 Å². The summed E-state index contributed by atoms with van der Waals surface area (Å²) < 4.78 is 0. The maximum absolute atomic E-state index is 12.2. The van der Waals surface area contributed by atoms with E-state index >= 15 is 0 Å². The molecule has 2 amide bonds. The van der Waals surface area contributed by atoms with Crippen LogP contribution in [0.5, 0.6) is 0 Å². The van der Waals surface area contributed by atoms with Crippen LogP contribution >= 0.6 is 0 Å². The van der Waals surface area contributed by atoms with Crippen LogP contribution in [-0.4, -0.2) is 40.9 Å². The van der Waals surface area contributed by atoms with Crippen molar-refractivity contribution >= 4 is 11.8 Å². The van der Waals surface area contributed by atoms with Gasteiger partial charge in [-0.05, 0) is 32.6 Å². The highest BCUT2D eigenvalue weighted by atomic mass is 16.2. The van der Waals surface area contributed by atoms with E-state index in [1.165, 1.54) is 0 Å². The molecule has 0 bridgehead atoms. The molecule has 122 valence electrons. The second kappa shape index (κ2) is 7.78. The van der Waals surface area contributed by atoms with Gasteiger partial charge in [0.15, 0.2) is 0 Å². The summed E-state index contributed by atoms with van der Waals surface area (Å²) in [6.45, 7) is 9.54. The largest absolute Gasteiger partial charge is 0.350 e. The third kappa shape index (κ3) is 4.70. The van der Waals surface area contributed by atoms with Gasteiger partial charge in [-0.3, -0.25) is 9.59 Å². The number of hydrogen-bond acceptors (Lipinski definition) is 3. The van der Waals surface area contributed by atoms with Crippen LogP contribution in [0.2, 0.25) is 0 Å². The van der Waals surface area contributed by atoms with Crippen LogP contribution in [0.25, 0.3) is 0 Å². The van der Waals surface area contributed by atoms with E-state index in [2.05, 4.69) is 5.32 Å². The van der Waals surface area contributed by atoms with E-state index in [0.29, 0.717) is 0 Å². The Labute approximate surface area is 128 Å². The van der Waals surface area contributed by atoms with E-state index < -0.39 is 6.04 Å². The molecular weight excluding hydrogens is 266 g/mol. The van der Waals surface area contributed by atoms with Gasteiger partial charge < -0.3 is 16.0 Å². The summed E-state index contributed by atoms with van der Waals surface area (Å²) in [7, 11) is 0. The second-order valence-corrected chi connectivity index (χ2v) is 6.76. The van der Waals surface area contributed by atoms with Gasteiger partial charge in [0.25, 0.3) is 0 Å². The van der Waals surface area contributed by atoms with Crippen molar-refractivity contribution in [2.45, 2.75) is 84.5 Å². The number of rotatable bonds is 5. The van der Waals surface area contributed by atoms with Crippen molar-refractivity contribution in [1.82, 2.24) is 10.2 Å². The maximum atomic E-state index is 12.2. The monoisotopic (exact) mass is 297 g/mol. The molecule has 1 saturated carbocycles. The lowest BCUT2D eigenvalue weighted by Crippen LogP contribution is -2.59. The van der Waals surface area contributed by atoms with Gasteiger partial charge in [-0.1, -0.05) is 26.7 Å². The average Bonchev–Trinajstić information content (AvgIpc) is 2.38. The van der Waals surface area contributed by atoms with Gasteiger partial charge in [-0.2, -0.15) is 0 Å². The van der Waals surface area contributed by atoms with E-state index in [-0.39, 0.29) is 35.9 Å². The molecule has 3 atom stereocenters. The molecule has 0 unspecified atom stereocenters. The van der Waals surface area contributed by atoms with Crippen molar-refractivity contribution in [2.75, 3.05) is 0 Å². The average molecular weight is 297 g/mol. The number of nitrogens with zero attached hydrogens (tertiary/aromatic N) is 1. The zero-order valence-corrected chi connectivity index (χ0v) is 14.1. The van der Waals surface area contributed by atoms with Crippen LogP contribution in [0.3, 0.4) is 0 Å². The number of carbonyl (C=O) groups is 2. The van der Waals surface area contributed by atoms with E-state index in [1.807, 2.05) is 32.6 Å². The molecule has 5 heteroatoms. The molecule has 1 aliphatic carbocycles. The van der Waals surface area contributed by atoms with Crippen LogP contribution < -0.4 is 11.1 Å². The summed E-state index contributed by atoms with van der Waals surface area (Å²) in [5.41, 5.74) is 5.93. The molecule has 1 aliphatic rings. The van der Waals surface area contributed by atoms with Crippen LogP contribution in [0.15, 0.2) is 0 Å². The molecule has 1 rings (SSSR count). The number of amides is 2. The van der Waals surface area contributed by atoms with E-state index in [4.69, 9.17) is 5.73 Å². The molecule has 0 aromatic carbocycles. The van der Waals surface area contributed by atoms with Gasteiger partial charge in [-0.25, -0.2) is 0 Å². The lowest BCUT2D eigenvalue weighted by Gasteiger charge is -2.42. The molecule has 3 N–H and O–H groups in total. The molecule has 0 aliphatic heterocycles. The lowest BCUT2D eigenvalue weighted by atomic mass is 9.88. The second-order valence-electron chi connectivity index (χ2n) is 6.76. The fraction of sp³-hybridized carbons (Fsp3) is 0.875. The Morgan fingerprint density at radius 1 is 1.14 bits per heavy atom. The van der Waals surface area contributed by atoms with Crippen LogP contribution in [-0.2, 0) is 9.59 Å². The first-order valence-electron chi connectivity index (χ1n) is 8.10. The highest BCUT2D eigenvalue weighted by molar-refractivity contribution is 5.82. The summed E-state index contributed by atoms with van der Waals surface area (Å²) >= 11 is 0. The van der Waals surface area contributed by atoms with Gasteiger partial charge in [0, 0.05) is 19.0 Å². The Morgan fingerprint density at radius 3 is 2.19 bits per heavy atom. The molecule has 21 heavy (non-hydrogen) atoms. The van der Waals surface area contributed by atoms with Crippen molar-refractivity contribution in [1.29, 1.82) is 0 Å². The minimum Gasteiger partial charge on any atom is -0.350 e. The Balaban J connectivity index is 2.82. The van der Waals surface area contributed by atoms with Crippen LogP contribution in [0, 0.1) is 5.92 Å². The summed E-state index contributed by atoms with van der Waals surface area (Å²) in [5.74, 6) is 0.0829. The quantitative estimate of drug-likeness (QED) is 0.810. The predicted octanol–water partition coefficient (Wildman–Crippen LogP) is 1.65. The molecule has 0 saturated heterocycles. The Kier molecular flexibility index (Phi) is 6.65. The molecule has 0 aromatic heterocycles. The lowest BCUT2D eigenvalue weighted by molar-refractivity contribution is -0.136. The zero-order chi connectivity index (χ0) is 16.2. The number of hydrogen-bond donors (Lipinski definition) is 2. The van der Waals surface area contributed by atoms with E-state index in [9.17, 15) is 9.59 Å². The van der Waals surface area contributed by atoms with E-state index in [0.717, 1.165) is 25.7 Å². The first-order valence-corrected chi connectivity index (χ1v) is 8.10. The van der Waals surface area contributed by atoms with Crippen molar-refractivity contribution in [3.63, 3.8) is 0 Å². The van der Waals surface area contributed by atoms with Crippen LogP contribution in [0.1, 0.15) is 60.3 Å². The first-order chi connectivity index (χ1) is 9.75. The summed E-state index contributed by atoms with van der Waals surface area (Å²) in [6, 6.07) is -0.247. The van der Waals surface area contributed by atoms with Crippen LogP contribution in [0.4, 0.5) is 0 Å². The molecule has 0 spiro atoms. The molecule has 0 radical (unpaired) electrons. The maximum Gasteiger partial charge on any atom is 0.237 e. The van der Waals surface area contributed by atoms with Gasteiger partial charge in [0.1, 0.15) is 0 Å². The first kappa shape index (κ1) is 18.0. The third-order valence-corrected chi connectivity index (χ3v) is 4.36. The SMILES string of the molecule is CC(=O)N(C(C)C)[C@H]1CCCC[C@H]1NC(=O)[C@@H](N)C(C)C. The molecule has 5 nitrogen and oxygen atoms in total. The fourth-order valence-corrected chi connectivity index (χ4v) is 3.17. The summed E-state index contributed by atoms with van der Waals surface area (Å²) in [5, 5.41) is 3.08. The highest BCUT2D eigenvalue weighted by Crippen LogP contribution is 2.25. The number of nitrogens with two attached hydrogens (primary N) is 1. The van der Waals surface area contributed by atoms with E-state index in [1.54, 1.807) is 6.92 Å². The summed E-state index contributed by atoms with van der Waals surface area (Å²) in [6.07, 6.45) is 4.04. The van der Waals surface area contributed by atoms with Crippen molar-refractivity contribution in [3.05, 3.63) is 0 Å². The number of nitrogens with one attached hydrogen (secondary N) is 1. The van der Waals surface area contributed by atoms with Crippen molar-refractivity contribution in [2.24, 2.45) is 11.7 Å². The molecule has 0 heterocycles. The molecule has 0 aromatic rings. The minimum atomic E-state index is -0.489.